The van der Waals surface area contributed by atoms with Gasteiger partial charge in [-0.25, -0.2) is 19.6 Å². The maximum Gasteiger partial charge on any atom is 0.356 e. The maximum atomic E-state index is 14.0. The van der Waals surface area contributed by atoms with E-state index in [9.17, 15) is 4.79 Å². The first-order valence-electron chi connectivity index (χ1n) is 12.1. The molecule has 4 rings (SSSR count). The van der Waals surface area contributed by atoms with Gasteiger partial charge in [0.05, 0.1) is 12.0 Å². The molecule has 0 radical (unpaired) electrons. The monoisotopic (exact) mass is 531 g/mol. The molecule has 10 nitrogen and oxygen atoms in total. The maximum absolute atomic E-state index is 14.0. The standard InChI is InChI=1S/C29H29N3O7/c1-20-17-21(2)31-28(30-20)39-26(27(33)38-25-16-10-11-22(18-25)19-37-32(34)35)29(36-3,23-12-6-4-7-13-23)24-14-8-5-9-15-24/h4-18,26,34-35H,19H2,1-3H3/t26-/m1/s1. The summed E-state index contributed by atoms with van der Waals surface area (Å²) in [5.74, 6) is -0.582. The second-order valence-corrected chi connectivity index (χ2v) is 8.70. The van der Waals surface area contributed by atoms with Crippen LogP contribution < -0.4 is 9.47 Å². The minimum Gasteiger partial charge on any atom is -0.444 e. The van der Waals surface area contributed by atoms with Crippen LogP contribution in [0.25, 0.3) is 0 Å². The zero-order valence-corrected chi connectivity index (χ0v) is 21.7. The van der Waals surface area contributed by atoms with E-state index in [1.54, 1.807) is 38.1 Å². The van der Waals surface area contributed by atoms with Crippen molar-refractivity contribution in [2.45, 2.75) is 32.2 Å². The van der Waals surface area contributed by atoms with Crippen molar-refractivity contribution in [1.29, 1.82) is 0 Å². The fourth-order valence-corrected chi connectivity index (χ4v) is 4.33. The fourth-order valence-electron chi connectivity index (χ4n) is 4.33. The number of esters is 1. The average Bonchev–Trinajstić information content (AvgIpc) is 2.93. The third-order valence-corrected chi connectivity index (χ3v) is 5.96. The highest BCUT2D eigenvalue weighted by atomic mass is 17.1. The fraction of sp³-hybridized carbons (Fsp3) is 0.207. The first-order valence-corrected chi connectivity index (χ1v) is 12.1. The van der Waals surface area contributed by atoms with Gasteiger partial charge in [-0.3, -0.25) is 10.4 Å². The third-order valence-electron chi connectivity index (χ3n) is 5.96. The summed E-state index contributed by atoms with van der Waals surface area (Å²) in [7, 11) is 1.50. The van der Waals surface area contributed by atoms with Crippen molar-refractivity contribution < 1.29 is 34.3 Å². The normalized spacial score (nSPS) is 12.3. The van der Waals surface area contributed by atoms with Gasteiger partial charge in [0.15, 0.2) is 5.60 Å². The molecule has 0 unspecified atom stereocenters. The largest absolute Gasteiger partial charge is 0.444 e. The van der Waals surface area contributed by atoms with Crippen LogP contribution in [0.3, 0.4) is 0 Å². The molecule has 0 saturated carbocycles. The van der Waals surface area contributed by atoms with Crippen molar-refractivity contribution in [2.75, 3.05) is 7.11 Å². The van der Waals surface area contributed by atoms with Crippen LogP contribution in [0.15, 0.2) is 91.0 Å². The predicted octanol–water partition coefficient (Wildman–Crippen LogP) is 4.55. The summed E-state index contributed by atoms with van der Waals surface area (Å²) in [6.07, 6.45) is -1.39. The SMILES string of the molecule is COC(c1ccccc1)(c1ccccc1)[C@H](Oc1nc(C)cc(C)n1)C(=O)Oc1cccc(CON(O)O)c1. The number of rotatable bonds is 11. The second-order valence-electron chi connectivity index (χ2n) is 8.70. The molecule has 39 heavy (non-hydrogen) atoms. The zero-order chi connectivity index (χ0) is 27.8. The van der Waals surface area contributed by atoms with E-state index in [1.165, 1.54) is 13.2 Å². The van der Waals surface area contributed by atoms with E-state index < -0.39 is 17.7 Å². The molecule has 0 spiro atoms. The third kappa shape index (κ3) is 6.63. The molecular formula is C29H29N3O7. The highest BCUT2D eigenvalue weighted by molar-refractivity contribution is 5.80. The van der Waals surface area contributed by atoms with Crippen LogP contribution >= 0.6 is 0 Å². The number of carbonyl (C=O) groups excluding carboxylic acids is 1. The molecule has 0 aliphatic heterocycles. The van der Waals surface area contributed by atoms with Gasteiger partial charge in [-0.2, -0.15) is 0 Å². The van der Waals surface area contributed by atoms with Crippen LogP contribution in [0.2, 0.25) is 0 Å². The van der Waals surface area contributed by atoms with E-state index in [4.69, 9.17) is 24.6 Å². The van der Waals surface area contributed by atoms with Crippen molar-refractivity contribution in [3.63, 3.8) is 0 Å². The van der Waals surface area contributed by atoms with E-state index in [2.05, 4.69) is 14.8 Å². The van der Waals surface area contributed by atoms with Gasteiger partial charge in [-0.15, -0.1) is 0 Å². The molecule has 4 aromatic rings. The summed E-state index contributed by atoms with van der Waals surface area (Å²) < 4.78 is 18.3. The van der Waals surface area contributed by atoms with E-state index in [1.807, 2.05) is 60.7 Å². The lowest BCUT2D eigenvalue weighted by molar-refractivity contribution is -0.497. The Morgan fingerprint density at radius 1 is 0.872 bits per heavy atom. The Morgan fingerprint density at radius 3 is 2.00 bits per heavy atom. The number of aryl methyl sites for hydroxylation is 2. The number of methoxy groups -OCH3 is 1. The summed E-state index contributed by atoms with van der Waals surface area (Å²) in [5.41, 5.74) is 1.71. The van der Waals surface area contributed by atoms with Crippen LogP contribution in [0.1, 0.15) is 28.1 Å². The number of benzene rings is 3. The van der Waals surface area contributed by atoms with Crippen molar-refractivity contribution in [1.82, 2.24) is 15.4 Å². The van der Waals surface area contributed by atoms with Gasteiger partial charge in [0.1, 0.15) is 5.75 Å². The topological polar surface area (TPSA) is 123 Å². The van der Waals surface area contributed by atoms with Gasteiger partial charge in [0, 0.05) is 18.5 Å². The Hall–Kier alpha value is -4.19. The Morgan fingerprint density at radius 2 is 1.46 bits per heavy atom. The Balaban J connectivity index is 1.81. The molecule has 10 heteroatoms. The molecular weight excluding hydrogens is 502 g/mol. The molecule has 1 aromatic heterocycles. The van der Waals surface area contributed by atoms with Gasteiger partial charge in [0.25, 0.3) is 0 Å². The molecule has 0 bridgehead atoms. The van der Waals surface area contributed by atoms with Gasteiger partial charge in [-0.05, 0) is 48.7 Å². The molecule has 0 fully saturated rings. The minimum atomic E-state index is -1.45. The first kappa shape index (κ1) is 27.8. The number of aromatic nitrogens is 2. The van der Waals surface area contributed by atoms with E-state index in [0.29, 0.717) is 28.1 Å². The van der Waals surface area contributed by atoms with Gasteiger partial charge >= 0.3 is 12.0 Å². The van der Waals surface area contributed by atoms with Crippen molar-refractivity contribution in [3.8, 4) is 11.8 Å². The number of hydrogen-bond donors (Lipinski definition) is 2. The summed E-state index contributed by atoms with van der Waals surface area (Å²) in [5, 5.41) is 17.3. The molecule has 0 saturated heterocycles. The van der Waals surface area contributed by atoms with Crippen LogP contribution in [-0.4, -0.2) is 45.0 Å². The summed E-state index contributed by atoms with van der Waals surface area (Å²) in [6, 6.07) is 26.7. The highest BCUT2D eigenvalue weighted by Gasteiger charge is 2.50. The first-order chi connectivity index (χ1) is 18.8. The molecule has 202 valence electrons. The van der Waals surface area contributed by atoms with Crippen molar-refractivity contribution >= 4 is 5.97 Å². The summed E-state index contributed by atoms with van der Waals surface area (Å²) >= 11 is 0. The lowest BCUT2D eigenvalue weighted by atomic mass is 9.81. The van der Waals surface area contributed by atoms with E-state index >= 15 is 0 Å². The van der Waals surface area contributed by atoms with E-state index in [-0.39, 0.29) is 23.8 Å². The molecule has 2 N–H and O–H groups in total. The van der Waals surface area contributed by atoms with Crippen LogP contribution in [-0.2, 0) is 26.6 Å². The van der Waals surface area contributed by atoms with E-state index in [0.717, 1.165) is 0 Å². The number of nitrogens with zero attached hydrogens (tertiary/aromatic N) is 3. The lowest BCUT2D eigenvalue weighted by Crippen LogP contribution is -2.52. The van der Waals surface area contributed by atoms with Gasteiger partial charge in [-0.1, -0.05) is 72.8 Å². The van der Waals surface area contributed by atoms with Crippen LogP contribution in [0.4, 0.5) is 0 Å². The summed E-state index contributed by atoms with van der Waals surface area (Å²) in [4.78, 5) is 27.5. The second kappa shape index (κ2) is 12.6. The number of carbonyl (C=O) groups is 1. The number of ether oxygens (including phenoxy) is 3. The van der Waals surface area contributed by atoms with Gasteiger partial charge in [0.2, 0.25) is 6.10 Å². The highest BCUT2D eigenvalue weighted by Crippen LogP contribution is 2.39. The van der Waals surface area contributed by atoms with Crippen molar-refractivity contribution in [2.24, 2.45) is 0 Å². The molecule has 1 heterocycles. The van der Waals surface area contributed by atoms with Crippen molar-refractivity contribution in [3.05, 3.63) is 119 Å². The van der Waals surface area contributed by atoms with Gasteiger partial charge < -0.3 is 14.2 Å². The molecule has 0 aliphatic carbocycles. The average molecular weight is 532 g/mol. The number of hydrogen-bond acceptors (Lipinski definition) is 10. The van der Waals surface area contributed by atoms with Crippen LogP contribution in [0, 0.1) is 13.8 Å². The summed E-state index contributed by atoms with van der Waals surface area (Å²) in [6.45, 7) is 3.44. The lowest BCUT2D eigenvalue weighted by Gasteiger charge is -2.38. The Bertz CT molecular complexity index is 1320. The predicted molar refractivity (Wildman–Crippen MR) is 139 cm³/mol. The Kier molecular flexibility index (Phi) is 8.97. The molecule has 1 atom stereocenters. The van der Waals surface area contributed by atoms with Crippen LogP contribution in [0.5, 0.6) is 11.8 Å². The molecule has 0 aliphatic rings. The quantitative estimate of drug-likeness (QED) is 0.162. The molecule has 3 aromatic carbocycles. The Labute approximate surface area is 225 Å². The smallest absolute Gasteiger partial charge is 0.356 e. The minimum absolute atomic E-state index is 0.00382. The molecule has 0 amide bonds. The zero-order valence-electron chi connectivity index (χ0n) is 21.7.